The van der Waals surface area contributed by atoms with E-state index >= 15 is 0 Å². The van der Waals surface area contributed by atoms with E-state index in [1.54, 1.807) is 7.11 Å². The van der Waals surface area contributed by atoms with Crippen molar-refractivity contribution >= 4 is 5.91 Å². The van der Waals surface area contributed by atoms with Crippen molar-refractivity contribution in [2.45, 2.75) is 31.6 Å². The molecule has 1 aliphatic heterocycles. The van der Waals surface area contributed by atoms with Gasteiger partial charge in [0.15, 0.2) is 5.82 Å². The van der Waals surface area contributed by atoms with Crippen LogP contribution in [0.3, 0.4) is 0 Å². The zero-order valence-electron chi connectivity index (χ0n) is 13.2. The number of aryl methyl sites for hydroxylation is 1. The number of hydrogen-bond donors (Lipinski definition) is 1. The number of tetrazole rings is 1. The van der Waals surface area contributed by atoms with Crippen molar-refractivity contribution in [3.05, 3.63) is 35.7 Å². The lowest BCUT2D eigenvalue weighted by atomic mass is 9.97. The van der Waals surface area contributed by atoms with Gasteiger partial charge in [0.2, 0.25) is 5.91 Å². The number of methoxy groups -OCH3 is 1. The fourth-order valence-corrected chi connectivity index (χ4v) is 3.07. The van der Waals surface area contributed by atoms with Gasteiger partial charge >= 0.3 is 0 Å². The van der Waals surface area contributed by atoms with Gasteiger partial charge in [-0.15, -0.1) is 10.2 Å². The van der Waals surface area contributed by atoms with Gasteiger partial charge in [0.25, 0.3) is 0 Å². The number of nitrogens with zero attached hydrogens (tertiary/aromatic N) is 4. The first-order valence-corrected chi connectivity index (χ1v) is 7.91. The molecule has 2 heterocycles. The first-order chi connectivity index (χ1) is 11.3. The number of H-pyrrole nitrogens is 1. The van der Waals surface area contributed by atoms with Crippen molar-refractivity contribution in [3.63, 3.8) is 0 Å². The van der Waals surface area contributed by atoms with Crippen molar-refractivity contribution in [1.29, 1.82) is 0 Å². The summed E-state index contributed by atoms with van der Waals surface area (Å²) in [5.74, 6) is 1.89. The minimum Gasteiger partial charge on any atom is -0.496 e. The van der Waals surface area contributed by atoms with Crippen LogP contribution in [-0.2, 0) is 11.2 Å². The molecule has 0 radical (unpaired) electrons. The lowest BCUT2D eigenvalue weighted by Crippen LogP contribution is -2.39. The summed E-state index contributed by atoms with van der Waals surface area (Å²) in [7, 11) is 1.65. The summed E-state index contributed by atoms with van der Waals surface area (Å²) in [4.78, 5) is 14.4. The molecule has 1 unspecified atom stereocenters. The summed E-state index contributed by atoms with van der Waals surface area (Å²) in [5, 5.41) is 14.2. The lowest BCUT2D eigenvalue weighted by Gasteiger charge is -2.31. The highest BCUT2D eigenvalue weighted by molar-refractivity contribution is 5.76. The molecule has 0 aliphatic carbocycles. The molecule has 1 amide bonds. The number of rotatable bonds is 5. The number of aromatic amines is 1. The molecule has 23 heavy (non-hydrogen) atoms. The molecule has 1 aromatic heterocycles. The maximum atomic E-state index is 12.5. The molecule has 1 atom stereocenters. The molecule has 1 aromatic carbocycles. The second kappa shape index (κ2) is 7.21. The van der Waals surface area contributed by atoms with Gasteiger partial charge in [-0.2, -0.15) is 5.21 Å². The maximum absolute atomic E-state index is 12.5. The number of piperidine rings is 1. The van der Waals surface area contributed by atoms with Crippen LogP contribution in [0, 0.1) is 0 Å². The standard InChI is InChI=1S/C16H21N5O2/c1-23-14-7-3-2-5-12(14)8-9-15(22)21-10-4-6-13(11-21)16-17-19-20-18-16/h2-3,5,7,13H,4,6,8-11H2,1H3,(H,17,18,19,20). The Labute approximate surface area is 135 Å². The first kappa shape index (κ1) is 15.5. The van der Waals surface area contributed by atoms with Crippen LogP contribution >= 0.6 is 0 Å². The van der Waals surface area contributed by atoms with E-state index in [1.807, 2.05) is 29.2 Å². The van der Waals surface area contributed by atoms with Crippen LogP contribution < -0.4 is 4.74 Å². The number of likely N-dealkylation sites (tertiary alicyclic amines) is 1. The molecule has 122 valence electrons. The largest absolute Gasteiger partial charge is 0.496 e. The molecule has 0 saturated carbocycles. The van der Waals surface area contributed by atoms with E-state index in [0.29, 0.717) is 25.2 Å². The Bertz CT molecular complexity index is 644. The number of benzene rings is 1. The summed E-state index contributed by atoms with van der Waals surface area (Å²) < 4.78 is 5.34. The summed E-state index contributed by atoms with van der Waals surface area (Å²) in [6.07, 6.45) is 3.14. The zero-order valence-corrected chi connectivity index (χ0v) is 13.2. The number of hydrogen-bond acceptors (Lipinski definition) is 5. The van der Waals surface area contributed by atoms with Crippen LogP contribution in [0.4, 0.5) is 0 Å². The summed E-state index contributed by atoms with van der Waals surface area (Å²) in [5.41, 5.74) is 1.06. The minimum absolute atomic E-state index is 0.170. The van der Waals surface area contributed by atoms with Crippen LogP contribution in [0.15, 0.2) is 24.3 Å². The molecular formula is C16H21N5O2. The van der Waals surface area contributed by atoms with E-state index < -0.39 is 0 Å². The second-order valence-corrected chi connectivity index (χ2v) is 5.76. The molecular weight excluding hydrogens is 294 g/mol. The lowest BCUT2D eigenvalue weighted by molar-refractivity contribution is -0.132. The number of ether oxygens (including phenoxy) is 1. The highest BCUT2D eigenvalue weighted by Crippen LogP contribution is 2.25. The van der Waals surface area contributed by atoms with Gasteiger partial charge < -0.3 is 9.64 Å². The van der Waals surface area contributed by atoms with E-state index in [-0.39, 0.29) is 11.8 Å². The Morgan fingerprint density at radius 3 is 3.09 bits per heavy atom. The quantitative estimate of drug-likeness (QED) is 0.905. The smallest absolute Gasteiger partial charge is 0.222 e. The fraction of sp³-hybridized carbons (Fsp3) is 0.500. The third-order valence-electron chi connectivity index (χ3n) is 4.30. The molecule has 1 aliphatic rings. The molecule has 0 spiro atoms. The Morgan fingerprint density at radius 2 is 2.30 bits per heavy atom. The molecule has 7 nitrogen and oxygen atoms in total. The van der Waals surface area contributed by atoms with Crippen LogP contribution in [0.5, 0.6) is 5.75 Å². The second-order valence-electron chi connectivity index (χ2n) is 5.76. The third kappa shape index (κ3) is 3.67. The van der Waals surface area contributed by atoms with Crippen molar-refractivity contribution < 1.29 is 9.53 Å². The zero-order chi connectivity index (χ0) is 16.1. The van der Waals surface area contributed by atoms with Crippen molar-refractivity contribution in [1.82, 2.24) is 25.5 Å². The number of nitrogens with one attached hydrogen (secondary N) is 1. The number of aromatic nitrogens is 4. The average molecular weight is 315 g/mol. The van der Waals surface area contributed by atoms with Gasteiger partial charge in [-0.25, -0.2) is 0 Å². The van der Waals surface area contributed by atoms with Crippen LogP contribution in [0.25, 0.3) is 0 Å². The van der Waals surface area contributed by atoms with E-state index in [0.717, 1.165) is 30.7 Å². The van der Waals surface area contributed by atoms with E-state index in [9.17, 15) is 4.79 Å². The van der Waals surface area contributed by atoms with Gasteiger partial charge in [-0.05, 0) is 30.9 Å². The van der Waals surface area contributed by atoms with Crippen LogP contribution in [0.2, 0.25) is 0 Å². The molecule has 1 N–H and O–H groups in total. The van der Waals surface area contributed by atoms with Crippen LogP contribution in [-0.4, -0.2) is 51.6 Å². The summed E-state index contributed by atoms with van der Waals surface area (Å²) in [6.45, 7) is 1.48. The Morgan fingerprint density at radius 1 is 1.43 bits per heavy atom. The third-order valence-corrected chi connectivity index (χ3v) is 4.30. The first-order valence-electron chi connectivity index (χ1n) is 7.91. The van der Waals surface area contributed by atoms with Crippen LogP contribution in [0.1, 0.15) is 36.6 Å². The number of para-hydroxylation sites is 1. The monoisotopic (exact) mass is 315 g/mol. The predicted octanol–water partition coefficient (Wildman–Crippen LogP) is 1.55. The number of carbonyl (C=O) groups is 1. The van der Waals surface area contributed by atoms with Gasteiger partial charge in [0, 0.05) is 25.4 Å². The molecule has 1 saturated heterocycles. The summed E-state index contributed by atoms with van der Waals surface area (Å²) in [6, 6.07) is 7.83. The van der Waals surface area contributed by atoms with E-state index in [1.165, 1.54) is 0 Å². The summed E-state index contributed by atoms with van der Waals surface area (Å²) >= 11 is 0. The maximum Gasteiger partial charge on any atom is 0.222 e. The predicted molar refractivity (Wildman–Crippen MR) is 84.0 cm³/mol. The van der Waals surface area contributed by atoms with Crippen molar-refractivity contribution in [2.75, 3.05) is 20.2 Å². The topological polar surface area (TPSA) is 84.0 Å². The van der Waals surface area contributed by atoms with E-state index in [2.05, 4.69) is 20.6 Å². The Kier molecular flexibility index (Phi) is 4.85. The normalized spacial score (nSPS) is 18.0. The SMILES string of the molecule is COc1ccccc1CCC(=O)N1CCCC(c2nn[nH]n2)C1. The fourth-order valence-electron chi connectivity index (χ4n) is 3.07. The highest BCUT2D eigenvalue weighted by atomic mass is 16.5. The van der Waals surface area contributed by atoms with E-state index in [4.69, 9.17) is 4.74 Å². The number of carbonyl (C=O) groups excluding carboxylic acids is 1. The van der Waals surface area contributed by atoms with Gasteiger partial charge in [0.1, 0.15) is 5.75 Å². The molecule has 0 bridgehead atoms. The average Bonchev–Trinajstić information content (AvgIpc) is 3.14. The minimum atomic E-state index is 0.170. The number of amides is 1. The molecule has 7 heteroatoms. The molecule has 1 fully saturated rings. The van der Waals surface area contributed by atoms with Gasteiger partial charge in [-0.3, -0.25) is 4.79 Å². The van der Waals surface area contributed by atoms with Gasteiger partial charge in [0.05, 0.1) is 7.11 Å². The molecule has 2 aromatic rings. The highest BCUT2D eigenvalue weighted by Gasteiger charge is 2.27. The Hall–Kier alpha value is -2.44. The van der Waals surface area contributed by atoms with Gasteiger partial charge in [-0.1, -0.05) is 23.4 Å². The van der Waals surface area contributed by atoms with Crippen molar-refractivity contribution in [3.8, 4) is 5.75 Å². The Balaban J connectivity index is 1.57. The molecule has 3 rings (SSSR count). The van der Waals surface area contributed by atoms with Crippen molar-refractivity contribution in [2.24, 2.45) is 0 Å².